The molecule has 148 valence electrons. The number of amides is 1. The Morgan fingerprint density at radius 1 is 0.821 bits per heavy atom. The molecule has 0 radical (unpaired) electrons. The molecule has 7 heteroatoms. The summed E-state index contributed by atoms with van der Waals surface area (Å²) in [5.74, 6) is -3.55. The van der Waals surface area contributed by atoms with Crippen LogP contribution >= 0.6 is 0 Å². The van der Waals surface area contributed by atoms with Crippen LogP contribution in [0.5, 0.6) is 0 Å². The first kappa shape index (κ1) is 21.1. The van der Waals surface area contributed by atoms with Gasteiger partial charge in [-0.2, -0.15) is 0 Å². The number of likely N-dealkylation sites (tertiary alicyclic amines) is 1. The molecule has 1 saturated heterocycles. The number of benzene rings is 2. The van der Waals surface area contributed by atoms with Crippen molar-refractivity contribution in [2.75, 3.05) is 19.6 Å². The average molecular weight is 384 g/mol. The lowest BCUT2D eigenvalue weighted by atomic mass is 9.99. The number of carbonyl (C=O) groups is 3. The molecule has 1 aliphatic heterocycles. The third-order valence-electron chi connectivity index (χ3n) is 4.32. The second-order valence-electron chi connectivity index (χ2n) is 6.42. The van der Waals surface area contributed by atoms with Crippen LogP contribution in [0.1, 0.15) is 30.0 Å². The van der Waals surface area contributed by atoms with E-state index in [4.69, 9.17) is 19.8 Å². The van der Waals surface area contributed by atoms with Crippen molar-refractivity contribution >= 4 is 17.8 Å². The Balaban J connectivity index is 0.000000409. The van der Waals surface area contributed by atoms with Gasteiger partial charge in [0.1, 0.15) is 0 Å². The van der Waals surface area contributed by atoms with Crippen molar-refractivity contribution in [1.29, 1.82) is 0 Å². The average Bonchev–Trinajstić information content (AvgIpc) is 3.21. The summed E-state index contributed by atoms with van der Waals surface area (Å²) in [6.45, 7) is 2.57. The van der Waals surface area contributed by atoms with Crippen molar-refractivity contribution in [2.45, 2.75) is 18.9 Å². The van der Waals surface area contributed by atoms with Gasteiger partial charge in [0.2, 0.25) is 5.91 Å². The first-order valence-corrected chi connectivity index (χ1v) is 9.05. The van der Waals surface area contributed by atoms with E-state index in [1.54, 1.807) is 0 Å². The van der Waals surface area contributed by atoms with Crippen molar-refractivity contribution in [3.63, 3.8) is 0 Å². The van der Waals surface area contributed by atoms with Gasteiger partial charge in [-0.1, -0.05) is 60.7 Å². The fourth-order valence-corrected chi connectivity index (χ4v) is 3.00. The molecule has 0 aliphatic carbocycles. The van der Waals surface area contributed by atoms with Crippen LogP contribution in [0, 0.1) is 0 Å². The van der Waals surface area contributed by atoms with Crippen LogP contribution in [0.4, 0.5) is 0 Å². The topological polar surface area (TPSA) is 107 Å². The highest BCUT2D eigenvalue weighted by Gasteiger charge is 2.19. The second-order valence-corrected chi connectivity index (χ2v) is 6.42. The van der Waals surface area contributed by atoms with Crippen LogP contribution in [0.3, 0.4) is 0 Å². The standard InChI is InChI=1S/C19H22N2O.C2H2O4/c22-18(15-21-13-7-8-14-21)20-19(16-9-3-1-4-10-16)17-11-5-2-6-12-17;3-1(4)2(5)6/h1-6,9-12,19H,7-8,13-15H2,(H,20,22);(H,3,4)(H,5,6). The van der Waals surface area contributed by atoms with Crippen LogP contribution in [-0.4, -0.2) is 52.6 Å². The van der Waals surface area contributed by atoms with Crippen LogP contribution in [0.15, 0.2) is 60.7 Å². The molecule has 0 saturated carbocycles. The number of rotatable bonds is 5. The van der Waals surface area contributed by atoms with E-state index in [9.17, 15) is 4.79 Å². The molecule has 1 heterocycles. The number of carboxylic acids is 2. The predicted octanol–water partition coefficient (Wildman–Crippen LogP) is 2.14. The van der Waals surface area contributed by atoms with Gasteiger partial charge in [-0.15, -0.1) is 0 Å². The fourth-order valence-electron chi connectivity index (χ4n) is 3.00. The molecule has 2 aromatic carbocycles. The third kappa shape index (κ3) is 6.85. The summed E-state index contributed by atoms with van der Waals surface area (Å²) >= 11 is 0. The number of aliphatic carboxylic acids is 2. The van der Waals surface area contributed by atoms with Gasteiger partial charge < -0.3 is 15.5 Å². The Bertz CT molecular complexity index is 722. The van der Waals surface area contributed by atoms with Gasteiger partial charge in [0.15, 0.2) is 0 Å². The molecule has 3 N–H and O–H groups in total. The molecular weight excluding hydrogens is 360 g/mol. The minimum Gasteiger partial charge on any atom is -0.473 e. The van der Waals surface area contributed by atoms with Crippen molar-refractivity contribution in [3.8, 4) is 0 Å². The number of hydrogen-bond donors (Lipinski definition) is 3. The Morgan fingerprint density at radius 2 is 1.25 bits per heavy atom. The maximum absolute atomic E-state index is 12.4. The smallest absolute Gasteiger partial charge is 0.414 e. The Morgan fingerprint density at radius 3 is 1.64 bits per heavy atom. The molecule has 0 atom stereocenters. The molecule has 1 aliphatic rings. The first-order valence-electron chi connectivity index (χ1n) is 9.05. The van der Waals surface area contributed by atoms with Crippen molar-refractivity contribution in [3.05, 3.63) is 71.8 Å². The summed E-state index contributed by atoms with van der Waals surface area (Å²) in [6.07, 6.45) is 2.40. The van der Waals surface area contributed by atoms with Crippen molar-refractivity contribution in [1.82, 2.24) is 10.2 Å². The van der Waals surface area contributed by atoms with Gasteiger partial charge >= 0.3 is 11.9 Å². The van der Waals surface area contributed by atoms with E-state index in [-0.39, 0.29) is 11.9 Å². The largest absolute Gasteiger partial charge is 0.473 e. The normalized spacial score (nSPS) is 13.5. The Labute approximate surface area is 163 Å². The number of nitrogens with one attached hydrogen (secondary N) is 1. The molecule has 28 heavy (non-hydrogen) atoms. The van der Waals surface area contributed by atoms with Gasteiger partial charge in [-0.3, -0.25) is 9.69 Å². The lowest BCUT2D eigenvalue weighted by molar-refractivity contribution is -0.159. The molecule has 1 amide bonds. The highest BCUT2D eigenvalue weighted by atomic mass is 16.4. The minimum atomic E-state index is -1.82. The molecule has 3 rings (SSSR count). The number of nitrogens with zero attached hydrogens (tertiary/aromatic N) is 1. The molecule has 2 aromatic rings. The zero-order valence-electron chi connectivity index (χ0n) is 15.5. The first-order chi connectivity index (χ1) is 13.5. The highest BCUT2D eigenvalue weighted by molar-refractivity contribution is 6.27. The quantitative estimate of drug-likeness (QED) is 0.682. The van der Waals surface area contributed by atoms with Crippen molar-refractivity contribution < 1.29 is 24.6 Å². The SMILES string of the molecule is O=C(CN1CCCC1)NC(c1ccccc1)c1ccccc1.O=C(O)C(=O)O. The van der Waals surface area contributed by atoms with Gasteiger partial charge in [0.25, 0.3) is 0 Å². The van der Waals surface area contributed by atoms with E-state index in [0.29, 0.717) is 6.54 Å². The zero-order valence-corrected chi connectivity index (χ0v) is 15.5. The van der Waals surface area contributed by atoms with Crippen LogP contribution < -0.4 is 5.32 Å². The van der Waals surface area contributed by atoms with E-state index in [1.165, 1.54) is 12.8 Å². The number of hydrogen-bond acceptors (Lipinski definition) is 4. The summed E-state index contributed by atoms with van der Waals surface area (Å²) in [5.41, 5.74) is 2.23. The molecule has 0 unspecified atom stereocenters. The van der Waals surface area contributed by atoms with Gasteiger partial charge in [-0.05, 0) is 37.1 Å². The summed E-state index contributed by atoms with van der Waals surface area (Å²) in [5, 5.41) is 18.0. The van der Waals surface area contributed by atoms with E-state index in [0.717, 1.165) is 24.2 Å². The second kappa shape index (κ2) is 10.8. The highest BCUT2D eigenvalue weighted by Crippen LogP contribution is 2.21. The summed E-state index contributed by atoms with van der Waals surface area (Å²) in [4.78, 5) is 32.8. The fraction of sp³-hybridized carbons (Fsp3) is 0.286. The summed E-state index contributed by atoms with van der Waals surface area (Å²) < 4.78 is 0. The Hall–Kier alpha value is -3.19. The maximum Gasteiger partial charge on any atom is 0.414 e. The summed E-state index contributed by atoms with van der Waals surface area (Å²) in [6, 6.07) is 20.2. The summed E-state index contributed by atoms with van der Waals surface area (Å²) in [7, 11) is 0. The van der Waals surface area contributed by atoms with Gasteiger partial charge in [-0.25, -0.2) is 9.59 Å². The van der Waals surface area contributed by atoms with Crippen LogP contribution in [0.2, 0.25) is 0 Å². The van der Waals surface area contributed by atoms with Crippen molar-refractivity contribution in [2.24, 2.45) is 0 Å². The number of carboxylic acid groups (broad SMARTS) is 2. The Kier molecular flexibility index (Phi) is 8.17. The number of carbonyl (C=O) groups excluding carboxylic acids is 1. The van der Waals surface area contributed by atoms with Gasteiger partial charge in [0.05, 0.1) is 12.6 Å². The van der Waals surface area contributed by atoms with E-state index < -0.39 is 11.9 Å². The van der Waals surface area contributed by atoms with E-state index in [2.05, 4.69) is 34.5 Å². The van der Waals surface area contributed by atoms with Crippen LogP contribution in [0.25, 0.3) is 0 Å². The molecule has 7 nitrogen and oxygen atoms in total. The molecule has 0 aromatic heterocycles. The van der Waals surface area contributed by atoms with Crippen LogP contribution in [-0.2, 0) is 14.4 Å². The monoisotopic (exact) mass is 384 g/mol. The molecule has 0 bridgehead atoms. The van der Waals surface area contributed by atoms with E-state index >= 15 is 0 Å². The lowest BCUT2D eigenvalue weighted by Gasteiger charge is -2.22. The lowest BCUT2D eigenvalue weighted by Crippen LogP contribution is -2.38. The zero-order chi connectivity index (χ0) is 20.4. The predicted molar refractivity (Wildman–Crippen MR) is 104 cm³/mol. The van der Waals surface area contributed by atoms with Gasteiger partial charge in [0, 0.05) is 0 Å². The molecule has 0 spiro atoms. The molecular formula is C21H24N2O5. The third-order valence-corrected chi connectivity index (χ3v) is 4.32. The maximum atomic E-state index is 12.4. The minimum absolute atomic E-state index is 0.0856. The van der Waals surface area contributed by atoms with E-state index in [1.807, 2.05) is 36.4 Å². The molecule has 1 fully saturated rings.